The van der Waals surface area contributed by atoms with E-state index in [0.29, 0.717) is 30.8 Å². The molecule has 0 atom stereocenters. The highest BCUT2D eigenvalue weighted by molar-refractivity contribution is 7.08. The van der Waals surface area contributed by atoms with Gasteiger partial charge in [-0.2, -0.15) is 0 Å². The number of likely N-dealkylation sites (tertiary alicyclic amines) is 1. The Morgan fingerprint density at radius 2 is 1.90 bits per heavy atom. The van der Waals surface area contributed by atoms with Crippen molar-refractivity contribution in [1.29, 1.82) is 0 Å². The summed E-state index contributed by atoms with van der Waals surface area (Å²) in [5.74, 6) is -0.309. The molecule has 2 heterocycles. The van der Waals surface area contributed by atoms with E-state index in [2.05, 4.69) is 9.59 Å². The lowest BCUT2D eigenvalue weighted by atomic mass is 9.91. The van der Waals surface area contributed by atoms with Crippen LogP contribution in [0.2, 0.25) is 0 Å². The van der Waals surface area contributed by atoms with Crippen LogP contribution in [0.5, 0.6) is 0 Å². The lowest BCUT2D eigenvalue weighted by molar-refractivity contribution is -0.146. The predicted molar refractivity (Wildman–Crippen MR) is 79.3 cm³/mol. The minimum absolute atomic E-state index is 0.0294. The summed E-state index contributed by atoms with van der Waals surface area (Å²) in [4.78, 5) is 26.5. The number of carbonyl (C=O) groups is 2. The second-order valence-electron chi connectivity index (χ2n) is 6.29. The highest BCUT2D eigenvalue weighted by Gasteiger charge is 2.32. The van der Waals surface area contributed by atoms with Crippen LogP contribution in [0.15, 0.2) is 0 Å². The van der Waals surface area contributed by atoms with Crippen molar-refractivity contribution in [3.8, 4) is 0 Å². The van der Waals surface area contributed by atoms with Gasteiger partial charge >= 0.3 is 5.97 Å². The second kappa shape index (κ2) is 6.09. The standard InChI is InChI=1S/C14H21N3O3S/c1-14(2,3)11-10(21-16-15-11)12(18)17-7-5-9(6-8-17)13(19)20-4/h9H,5-8H2,1-4H3. The van der Waals surface area contributed by atoms with Gasteiger partial charge in [0.25, 0.3) is 5.91 Å². The fourth-order valence-corrected chi connectivity index (χ4v) is 3.29. The Morgan fingerprint density at radius 1 is 1.29 bits per heavy atom. The Hall–Kier alpha value is -1.50. The first kappa shape index (κ1) is 15.9. The highest BCUT2D eigenvalue weighted by atomic mass is 32.1. The molecule has 0 bridgehead atoms. The van der Waals surface area contributed by atoms with Gasteiger partial charge in [0.1, 0.15) is 4.88 Å². The molecular weight excluding hydrogens is 290 g/mol. The van der Waals surface area contributed by atoms with Gasteiger partial charge in [-0.25, -0.2) is 0 Å². The zero-order valence-corrected chi connectivity index (χ0v) is 13.7. The van der Waals surface area contributed by atoms with Crippen molar-refractivity contribution in [3.05, 3.63) is 10.6 Å². The molecule has 0 aromatic carbocycles. The predicted octanol–water partition coefficient (Wildman–Crippen LogP) is 1.86. The number of esters is 1. The number of methoxy groups -OCH3 is 1. The summed E-state index contributed by atoms with van der Waals surface area (Å²) in [6, 6.07) is 0. The first-order chi connectivity index (χ1) is 9.84. The van der Waals surface area contributed by atoms with Crippen LogP contribution in [-0.4, -0.2) is 46.6 Å². The summed E-state index contributed by atoms with van der Waals surface area (Å²) in [7, 11) is 1.40. The van der Waals surface area contributed by atoms with Crippen molar-refractivity contribution in [3.63, 3.8) is 0 Å². The molecule has 1 amide bonds. The van der Waals surface area contributed by atoms with Gasteiger partial charge < -0.3 is 9.64 Å². The van der Waals surface area contributed by atoms with Crippen molar-refractivity contribution in [2.45, 2.75) is 39.0 Å². The zero-order chi connectivity index (χ0) is 15.6. The first-order valence-electron chi connectivity index (χ1n) is 7.04. The maximum atomic E-state index is 12.6. The number of rotatable bonds is 2. The fraction of sp³-hybridized carbons (Fsp3) is 0.714. The van der Waals surface area contributed by atoms with E-state index in [1.807, 2.05) is 20.8 Å². The highest BCUT2D eigenvalue weighted by Crippen LogP contribution is 2.28. The molecular formula is C14H21N3O3S. The SMILES string of the molecule is COC(=O)C1CCN(C(=O)c2snnc2C(C)(C)C)CC1. The van der Waals surface area contributed by atoms with E-state index in [1.54, 1.807) is 4.90 Å². The Labute approximate surface area is 128 Å². The Bertz CT molecular complexity index is 528. The molecule has 21 heavy (non-hydrogen) atoms. The lowest BCUT2D eigenvalue weighted by Crippen LogP contribution is -2.40. The molecule has 116 valence electrons. The average molecular weight is 311 g/mol. The molecule has 1 aromatic rings. The molecule has 0 unspecified atom stereocenters. The summed E-state index contributed by atoms with van der Waals surface area (Å²) in [6.45, 7) is 7.19. The first-order valence-corrected chi connectivity index (χ1v) is 7.82. The van der Waals surface area contributed by atoms with Crippen molar-refractivity contribution < 1.29 is 14.3 Å². The topological polar surface area (TPSA) is 72.4 Å². The molecule has 6 nitrogen and oxygen atoms in total. The van der Waals surface area contributed by atoms with E-state index in [1.165, 1.54) is 7.11 Å². The summed E-state index contributed by atoms with van der Waals surface area (Å²) >= 11 is 1.15. The molecule has 7 heteroatoms. The fourth-order valence-electron chi connectivity index (χ4n) is 2.45. The van der Waals surface area contributed by atoms with E-state index >= 15 is 0 Å². The number of amides is 1. The normalized spacial score (nSPS) is 16.9. The molecule has 0 saturated carbocycles. The maximum Gasteiger partial charge on any atom is 0.308 e. The molecule has 1 aliphatic heterocycles. The number of hydrogen-bond acceptors (Lipinski definition) is 6. The molecule has 1 aromatic heterocycles. The molecule has 0 aliphatic carbocycles. The Balaban J connectivity index is 2.06. The van der Waals surface area contributed by atoms with Gasteiger partial charge in [0.05, 0.1) is 18.7 Å². The van der Waals surface area contributed by atoms with Crippen molar-refractivity contribution in [1.82, 2.24) is 14.5 Å². The van der Waals surface area contributed by atoms with E-state index in [0.717, 1.165) is 17.2 Å². The average Bonchev–Trinajstić information content (AvgIpc) is 2.95. The van der Waals surface area contributed by atoms with E-state index in [9.17, 15) is 9.59 Å². The summed E-state index contributed by atoms with van der Waals surface area (Å²) in [6.07, 6.45) is 1.30. The van der Waals surface area contributed by atoms with E-state index < -0.39 is 0 Å². The molecule has 0 spiro atoms. The second-order valence-corrected chi connectivity index (χ2v) is 7.04. The number of hydrogen-bond donors (Lipinski definition) is 0. The minimum atomic E-state index is -0.206. The third kappa shape index (κ3) is 3.40. The van der Waals surface area contributed by atoms with Crippen LogP contribution in [-0.2, 0) is 14.9 Å². The maximum absolute atomic E-state index is 12.6. The van der Waals surface area contributed by atoms with Crippen LogP contribution in [0.25, 0.3) is 0 Å². The summed E-state index contributed by atoms with van der Waals surface area (Å²) in [5.41, 5.74) is 0.537. The van der Waals surface area contributed by atoms with Crippen LogP contribution >= 0.6 is 11.5 Å². The number of piperidine rings is 1. The molecule has 0 N–H and O–H groups in total. The summed E-state index contributed by atoms with van der Waals surface area (Å²) < 4.78 is 8.69. The van der Waals surface area contributed by atoms with Crippen LogP contribution < -0.4 is 0 Å². The van der Waals surface area contributed by atoms with Gasteiger partial charge in [-0.05, 0) is 24.4 Å². The molecule has 1 aliphatic rings. The van der Waals surface area contributed by atoms with Gasteiger partial charge in [-0.1, -0.05) is 25.3 Å². The monoisotopic (exact) mass is 311 g/mol. The number of ether oxygens (including phenoxy) is 1. The zero-order valence-electron chi connectivity index (χ0n) is 12.9. The van der Waals surface area contributed by atoms with Gasteiger partial charge in [0.2, 0.25) is 0 Å². The molecule has 0 radical (unpaired) electrons. The molecule has 1 saturated heterocycles. The van der Waals surface area contributed by atoms with Crippen LogP contribution in [0.4, 0.5) is 0 Å². The van der Waals surface area contributed by atoms with Gasteiger partial charge in [0, 0.05) is 18.5 Å². The third-order valence-corrected chi connectivity index (χ3v) is 4.42. The molecule has 1 fully saturated rings. The third-order valence-electron chi connectivity index (χ3n) is 3.71. The lowest BCUT2D eigenvalue weighted by Gasteiger charge is -2.30. The van der Waals surface area contributed by atoms with E-state index in [-0.39, 0.29) is 23.2 Å². The largest absolute Gasteiger partial charge is 0.469 e. The van der Waals surface area contributed by atoms with Crippen LogP contribution in [0.1, 0.15) is 49.0 Å². The van der Waals surface area contributed by atoms with Crippen LogP contribution in [0, 0.1) is 5.92 Å². The number of nitrogens with zero attached hydrogens (tertiary/aromatic N) is 3. The van der Waals surface area contributed by atoms with E-state index in [4.69, 9.17) is 4.74 Å². The Kier molecular flexibility index (Phi) is 4.61. The quantitative estimate of drug-likeness (QED) is 0.780. The van der Waals surface area contributed by atoms with Crippen molar-refractivity contribution in [2.24, 2.45) is 5.92 Å². The van der Waals surface area contributed by atoms with Gasteiger partial charge in [-0.3, -0.25) is 9.59 Å². The van der Waals surface area contributed by atoms with Gasteiger partial charge in [-0.15, -0.1) is 5.10 Å². The number of carbonyl (C=O) groups excluding carboxylic acids is 2. The van der Waals surface area contributed by atoms with Crippen LogP contribution in [0.3, 0.4) is 0 Å². The minimum Gasteiger partial charge on any atom is -0.469 e. The van der Waals surface area contributed by atoms with Crippen molar-refractivity contribution in [2.75, 3.05) is 20.2 Å². The van der Waals surface area contributed by atoms with Gasteiger partial charge in [0.15, 0.2) is 0 Å². The number of aromatic nitrogens is 2. The Morgan fingerprint density at radius 3 is 2.43 bits per heavy atom. The smallest absolute Gasteiger partial charge is 0.308 e. The molecule has 2 rings (SSSR count). The van der Waals surface area contributed by atoms with Crippen molar-refractivity contribution >= 4 is 23.4 Å². The summed E-state index contributed by atoms with van der Waals surface area (Å²) in [5, 5.41) is 4.11.